The molecule has 6 nitrogen and oxygen atoms in total. The van der Waals surface area contributed by atoms with Crippen LogP contribution in [0.1, 0.15) is 100 Å². The van der Waals surface area contributed by atoms with Crippen LogP contribution in [0.3, 0.4) is 0 Å². The van der Waals surface area contributed by atoms with Gasteiger partial charge in [0.1, 0.15) is 0 Å². The van der Waals surface area contributed by atoms with Gasteiger partial charge in [0.2, 0.25) is 5.91 Å². The van der Waals surface area contributed by atoms with Crippen LogP contribution in [0.25, 0.3) is 0 Å². The Morgan fingerprint density at radius 3 is 1.86 bits per heavy atom. The lowest BCUT2D eigenvalue weighted by Gasteiger charge is -2.34. The molecule has 240 valence electrons. The number of para-hydroxylation sites is 2. The molecule has 4 rings (SSSR count). The van der Waals surface area contributed by atoms with Gasteiger partial charge in [-0.1, -0.05) is 69.5 Å². The van der Waals surface area contributed by atoms with Gasteiger partial charge in [-0.05, 0) is 102 Å². The van der Waals surface area contributed by atoms with Crippen molar-refractivity contribution in [1.29, 1.82) is 0 Å². The number of halogens is 1. The van der Waals surface area contributed by atoms with Crippen molar-refractivity contribution in [3.63, 3.8) is 0 Å². The highest BCUT2D eigenvalue weighted by Crippen LogP contribution is 2.23. The largest absolute Gasteiger partial charge is 1.00 e. The Kier molecular flexibility index (Phi) is 16.3. The maximum atomic E-state index is 12.7. The zero-order valence-electron chi connectivity index (χ0n) is 27.7. The van der Waals surface area contributed by atoms with Crippen LogP contribution in [-0.4, -0.2) is 55.0 Å². The van der Waals surface area contributed by atoms with E-state index < -0.39 is 0 Å². The molecule has 7 heteroatoms. The molecule has 0 aliphatic carbocycles. The lowest BCUT2D eigenvalue weighted by molar-refractivity contribution is -0.921. The number of likely N-dealkylation sites (tertiary alicyclic amines) is 2. The number of rotatable bonds is 10. The number of hydrogen-bond acceptors (Lipinski definition) is 3. The number of carbonyl (C=O) groups excluding carboxylic acids is 2. The molecule has 43 heavy (non-hydrogen) atoms. The van der Waals surface area contributed by atoms with Crippen molar-refractivity contribution >= 4 is 23.2 Å². The Labute approximate surface area is 267 Å². The molecule has 2 aliphatic heterocycles. The molecule has 2 amide bonds. The highest BCUT2D eigenvalue weighted by atomic mass is 35.5. The number of carbonyl (C=O) groups is 2. The monoisotopic (exact) mass is 612 g/mol. The van der Waals surface area contributed by atoms with E-state index in [4.69, 9.17) is 0 Å². The van der Waals surface area contributed by atoms with Gasteiger partial charge < -0.3 is 27.9 Å². The van der Waals surface area contributed by atoms with E-state index in [2.05, 4.69) is 81.3 Å². The van der Waals surface area contributed by atoms with E-state index in [1.165, 1.54) is 49.8 Å². The number of unbranched alkanes of at least 4 members (excludes halogenated alkanes) is 2. The summed E-state index contributed by atoms with van der Waals surface area (Å²) in [6.07, 6.45) is 11.6. The minimum Gasteiger partial charge on any atom is -1.00 e. The van der Waals surface area contributed by atoms with Crippen molar-refractivity contribution in [2.45, 2.75) is 118 Å². The molecule has 2 fully saturated rings. The first kappa shape index (κ1) is 36.8. The summed E-state index contributed by atoms with van der Waals surface area (Å²) < 4.78 is 0. The van der Waals surface area contributed by atoms with Gasteiger partial charge in [0.25, 0.3) is 5.91 Å². The minimum atomic E-state index is 0. The fourth-order valence-electron chi connectivity index (χ4n) is 6.46. The van der Waals surface area contributed by atoms with Crippen molar-refractivity contribution in [2.75, 3.05) is 36.8 Å². The number of aryl methyl sites for hydroxylation is 4. The van der Waals surface area contributed by atoms with E-state index in [1.54, 1.807) is 0 Å². The van der Waals surface area contributed by atoms with Gasteiger partial charge in [0, 0.05) is 17.8 Å². The zero-order chi connectivity index (χ0) is 30.5. The third-order valence-corrected chi connectivity index (χ3v) is 9.08. The van der Waals surface area contributed by atoms with Gasteiger partial charge in [-0.3, -0.25) is 14.5 Å². The number of anilines is 2. The maximum absolute atomic E-state index is 12.7. The van der Waals surface area contributed by atoms with Crippen LogP contribution in [0.15, 0.2) is 36.4 Å². The third-order valence-electron chi connectivity index (χ3n) is 9.08. The SMILES string of the molecule is CCCCN1CCCCC1C(=O)Nc1c(C)cccc1C.CCCC[NH+]1CCCCC1C(=O)Nc1c(C)cccc1C.[Cl-]. The summed E-state index contributed by atoms with van der Waals surface area (Å²) in [5.41, 5.74) is 6.56. The molecule has 3 atom stereocenters. The highest BCUT2D eigenvalue weighted by molar-refractivity contribution is 5.96. The molecule has 2 aliphatic rings. The number of nitrogens with one attached hydrogen (secondary N) is 3. The Balaban J connectivity index is 0.000000293. The molecule has 0 radical (unpaired) electrons. The quantitative estimate of drug-likeness (QED) is 0.386. The van der Waals surface area contributed by atoms with Gasteiger partial charge in [0.15, 0.2) is 6.04 Å². The second-order valence-electron chi connectivity index (χ2n) is 12.5. The Bertz CT molecular complexity index is 1020. The lowest BCUT2D eigenvalue weighted by Crippen LogP contribution is -3.17. The normalized spacial score (nSPS) is 20.3. The Hall–Kier alpha value is -2.41. The number of hydrogen-bond donors (Lipinski definition) is 3. The van der Waals surface area contributed by atoms with Crippen molar-refractivity contribution in [3.8, 4) is 0 Å². The molecule has 3 N–H and O–H groups in total. The Morgan fingerprint density at radius 2 is 1.30 bits per heavy atom. The summed E-state index contributed by atoms with van der Waals surface area (Å²) in [4.78, 5) is 29.3. The summed E-state index contributed by atoms with van der Waals surface area (Å²) in [6, 6.07) is 12.5. The second kappa shape index (κ2) is 19.1. The number of piperidine rings is 2. The Morgan fingerprint density at radius 1 is 0.767 bits per heavy atom. The van der Waals surface area contributed by atoms with Crippen LogP contribution in [-0.2, 0) is 9.59 Å². The van der Waals surface area contributed by atoms with E-state index in [1.807, 2.05) is 12.1 Å². The number of nitrogens with zero attached hydrogens (tertiary/aromatic N) is 1. The molecule has 0 aromatic heterocycles. The average molecular weight is 613 g/mol. The molecule has 0 spiro atoms. The minimum absolute atomic E-state index is 0. The van der Waals surface area contributed by atoms with Crippen LogP contribution in [0.4, 0.5) is 11.4 Å². The maximum Gasteiger partial charge on any atom is 0.282 e. The molecule has 2 saturated heterocycles. The van der Waals surface area contributed by atoms with Crippen molar-refractivity contribution in [2.24, 2.45) is 0 Å². The fraction of sp³-hybridized carbons (Fsp3) is 0.611. The molecule has 2 aromatic rings. The molecule has 0 bridgehead atoms. The van der Waals surface area contributed by atoms with Crippen molar-refractivity contribution in [3.05, 3.63) is 58.7 Å². The third kappa shape index (κ3) is 10.9. The molecule has 0 saturated carbocycles. The van der Waals surface area contributed by atoms with Gasteiger partial charge in [0.05, 0.1) is 19.1 Å². The number of amides is 2. The summed E-state index contributed by atoms with van der Waals surface area (Å²) in [6.45, 7) is 17.0. The summed E-state index contributed by atoms with van der Waals surface area (Å²) >= 11 is 0. The molecular formula is C36H57ClN4O2. The van der Waals surface area contributed by atoms with Crippen LogP contribution in [0, 0.1) is 27.7 Å². The molecule has 2 heterocycles. The van der Waals surface area contributed by atoms with Crippen molar-refractivity contribution < 1.29 is 26.9 Å². The van der Waals surface area contributed by atoms with Gasteiger partial charge in [-0.15, -0.1) is 0 Å². The first-order valence-corrected chi connectivity index (χ1v) is 16.6. The van der Waals surface area contributed by atoms with Gasteiger partial charge in [-0.25, -0.2) is 0 Å². The fourth-order valence-corrected chi connectivity index (χ4v) is 6.46. The average Bonchev–Trinajstić information content (AvgIpc) is 2.99. The smallest absolute Gasteiger partial charge is 0.282 e. The summed E-state index contributed by atoms with van der Waals surface area (Å²) in [7, 11) is 0. The lowest BCUT2D eigenvalue weighted by atomic mass is 10.00. The van der Waals surface area contributed by atoms with Crippen LogP contribution in [0.5, 0.6) is 0 Å². The summed E-state index contributed by atoms with van der Waals surface area (Å²) in [5, 5.41) is 6.37. The van der Waals surface area contributed by atoms with Crippen LogP contribution >= 0.6 is 0 Å². The van der Waals surface area contributed by atoms with Crippen LogP contribution in [0.2, 0.25) is 0 Å². The first-order chi connectivity index (χ1) is 20.3. The van der Waals surface area contributed by atoms with E-state index in [0.717, 1.165) is 79.1 Å². The number of benzene rings is 2. The molecule has 2 aromatic carbocycles. The van der Waals surface area contributed by atoms with E-state index >= 15 is 0 Å². The zero-order valence-corrected chi connectivity index (χ0v) is 28.4. The second-order valence-corrected chi connectivity index (χ2v) is 12.5. The predicted octanol–water partition coefficient (Wildman–Crippen LogP) is 3.38. The molecule has 3 unspecified atom stereocenters. The number of quaternary nitrogens is 1. The van der Waals surface area contributed by atoms with E-state index in [0.29, 0.717) is 0 Å². The predicted molar refractivity (Wildman–Crippen MR) is 176 cm³/mol. The highest BCUT2D eigenvalue weighted by Gasteiger charge is 2.32. The van der Waals surface area contributed by atoms with E-state index in [-0.39, 0.29) is 36.3 Å². The van der Waals surface area contributed by atoms with E-state index in [9.17, 15) is 9.59 Å². The van der Waals surface area contributed by atoms with Gasteiger partial charge >= 0.3 is 0 Å². The standard InChI is InChI=1S/2C18H28N2O.ClH/c2*1-4-5-12-20-13-7-6-11-16(20)18(21)19-17-14(2)9-8-10-15(17)3;/h2*8-10,16H,4-7,11-13H2,1-3H3,(H,19,21);1H. The first-order valence-electron chi connectivity index (χ1n) is 16.6. The van der Waals surface area contributed by atoms with Gasteiger partial charge in [-0.2, -0.15) is 0 Å². The van der Waals surface area contributed by atoms with Crippen molar-refractivity contribution in [1.82, 2.24) is 4.90 Å². The summed E-state index contributed by atoms with van der Waals surface area (Å²) in [5.74, 6) is 0.376. The van der Waals surface area contributed by atoms with Crippen LogP contribution < -0.4 is 27.9 Å². The molecular weight excluding hydrogens is 556 g/mol. The topological polar surface area (TPSA) is 65.9 Å².